The topological polar surface area (TPSA) is 55.4 Å². The smallest absolute Gasteiger partial charge is 0.306 e. The SMILES string of the molecule is CC[C@H](C)c1ccc(NC(=O)COC(=O)C[C@@H]2C[C@@H]3CC[C@@H]2C3)cc1. The van der Waals surface area contributed by atoms with Gasteiger partial charge in [0, 0.05) is 12.1 Å². The van der Waals surface area contributed by atoms with Crippen LogP contribution in [0.5, 0.6) is 0 Å². The molecule has 4 atom stereocenters. The van der Waals surface area contributed by atoms with Crippen molar-refractivity contribution in [2.75, 3.05) is 11.9 Å². The number of anilines is 1. The summed E-state index contributed by atoms with van der Waals surface area (Å²) in [6.07, 6.45) is 6.59. The predicted molar refractivity (Wildman–Crippen MR) is 98.3 cm³/mol. The number of rotatable bonds is 7. The molecule has 2 saturated carbocycles. The average Bonchev–Trinajstić information content (AvgIpc) is 3.23. The third-order valence-electron chi connectivity index (χ3n) is 6.05. The molecular formula is C21H29NO3. The zero-order valence-electron chi connectivity index (χ0n) is 15.3. The van der Waals surface area contributed by atoms with Gasteiger partial charge in [-0.1, -0.05) is 32.4 Å². The number of fused-ring (bicyclic) bond motifs is 2. The highest BCUT2D eigenvalue weighted by atomic mass is 16.5. The molecule has 1 N–H and O–H groups in total. The van der Waals surface area contributed by atoms with E-state index in [9.17, 15) is 9.59 Å². The summed E-state index contributed by atoms with van der Waals surface area (Å²) in [7, 11) is 0. The van der Waals surface area contributed by atoms with E-state index in [1.54, 1.807) is 0 Å². The van der Waals surface area contributed by atoms with Crippen LogP contribution < -0.4 is 5.32 Å². The van der Waals surface area contributed by atoms with Crippen LogP contribution in [0, 0.1) is 17.8 Å². The first-order chi connectivity index (χ1) is 12.0. The van der Waals surface area contributed by atoms with Gasteiger partial charge in [-0.25, -0.2) is 0 Å². The Morgan fingerprint density at radius 2 is 1.96 bits per heavy atom. The Bertz CT molecular complexity index is 610. The Morgan fingerprint density at radius 3 is 2.56 bits per heavy atom. The third-order valence-corrected chi connectivity index (χ3v) is 6.05. The Kier molecular flexibility index (Phi) is 5.77. The van der Waals surface area contributed by atoms with Crippen LogP contribution in [0.3, 0.4) is 0 Å². The minimum absolute atomic E-state index is 0.202. The second-order valence-electron chi connectivity index (χ2n) is 7.78. The fourth-order valence-electron chi connectivity index (χ4n) is 4.37. The highest BCUT2D eigenvalue weighted by molar-refractivity contribution is 5.92. The molecule has 4 heteroatoms. The summed E-state index contributed by atoms with van der Waals surface area (Å²) < 4.78 is 5.17. The van der Waals surface area contributed by atoms with Crippen LogP contribution >= 0.6 is 0 Å². The molecule has 2 aliphatic carbocycles. The summed E-state index contributed by atoms with van der Waals surface area (Å²) in [5.74, 6) is 2.00. The van der Waals surface area contributed by atoms with E-state index in [2.05, 4.69) is 19.2 Å². The zero-order valence-corrected chi connectivity index (χ0v) is 15.3. The molecule has 0 radical (unpaired) electrons. The first-order valence-corrected chi connectivity index (χ1v) is 9.60. The quantitative estimate of drug-likeness (QED) is 0.741. The van der Waals surface area contributed by atoms with Gasteiger partial charge in [-0.15, -0.1) is 0 Å². The van der Waals surface area contributed by atoms with Gasteiger partial charge in [0.25, 0.3) is 5.91 Å². The second-order valence-corrected chi connectivity index (χ2v) is 7.78. The van der Waals surface area contributed by atoms with Crippen LogP contribution in [-0.2, 0) is 14.3 Å². The summed E-state index contributed by atoms with van der Waals surface area (Å²) in [5, 5.41) is 2.79. The average molecular weight is 343 g/mol. The summed E-state index contributed by atoms with van der Waals surface area (Å²) in [5.41, 5.74) is 2.00. The molecule has 2 aliphatic rings. The van der Waals surface area contributed by atoms with Crippen LogP contribution in [0.2, 0.25) is 0 Å². The maximum absolute atomic E-state index is 12.0. The predicted octanol–water partition coefficient (Wildman–Crippen LogP) is 4.51. The first kappa shape index (κ1) is 18.0. The zero-order chi connectivity index (χ0) is 17.8. The van der Waals surface area contributed by atoms with Crippen molar-refractivity contribution in [2.24, 2.45) is 17.8 Å². The molecule has 136 valence electrons. The molecule has 0 spiro atoms. The van der Waals surface area contributed by atoms with Gasteiger partial charge < -0.3 is 10.1 Å². The molecule has 0 saturated heterocycles. The minimum Gasteiger partial charge on any atom is -0.456 e. The van der Waals surface area contributed by atoms with E-state index in [0.717, 1.165) is 24.4 Å². The molecule has 25 heavy (non-hydrogen) atoms. The number of hydrogen-bond acceptors (Lipinski definition) is 3. The van der Waals surface area contributed by atoms with Gasteiger partial charge in [-0.3, -0.25) is 9.59 Å². The van der Waals surface area contributed by atoms with Gasteiger partial charge in [0.1, 0.15) is 0 Å². The number of benzene rings is 1. The molecule has 0 heterocycles. The van der Waals surface area contributed by atoms with Crippen LogP contribution in [0.15, 0.2) is 24.3 Å². The molecule has 1 aromatic carbocycles. The highest BCUT2D eigenvalue weighted by Crippen LogP contribution is 2.49. The number of amides is 1. The van der Waals surface area contributed by atoms with Crippen molar-refractivity contribution in [1.29, 1.82) is 0 Å². The van der Waals surface area contributed by atoms with E-state index in [-0.39, 0.29) is 18.5 Å². The molecule has 2 fully saturated rings. The third kappa shape index (κ3) is 4.62. The van der Waals surface area contributed by atoms with Crippen molar-refractivity contribution in [2.45, 2.75) is 58.3 Å². The summed E-state index contributed by atoms with van der Waals surface area (Å²) in [6, 6.07) is 7.86. The van der Waals surface area contributed by atoms with E-state index in [4.69, 9.17) is 4.74 Å². The van der Waals surface area contributed by atoms with E-state index < -0.39 is 0 Å². The van der Waals surface area contributed by atoms with E-state index >= 15 is 0 Å². The number of ether oxygens (including phenoxy) is 1. The fraction of sp³-hybridized carbons (Fsp3) is 0.619. The van der Waals surface area contributed by atoms with Gasteiger partial charge in [0.15, 0.2) is 6.61 Å². The Hall–Kier alpha value is -1.84. The molecule has 3 rings (SSSR count). The normalized spacial score (nSPS) is 25.6. The minimum atomic E-state index is -0.280. The number of nitrogens with one attached hydrogen (secondary N) is 1. The van der Waals surface area contributed by atoms with Crippen LogP contribution in [0.25, 0.3) is 0 Å². The molecule has 1 aromatic rings. The molecule has 0 unspecified atom stereocenters. The van der Waals surface area contributed by atoms with Crippen LogP contribution in [0.4, 0.5) is 5.69 Å². The van der Waals surface area contributed by atoms with Gasteiger partial charge in [0.05, 0.1) is 0 Å². The molecule has 2 bridgehead atoms. The highest BCUT2D eigenvalue weighted by Gasteiger charge is 2.40. The maximum atomic E-state index is 12.0. The van der Waals surface area contributed by atoms with Crippen molar-refractivity contribution in [3.05, 3.63) is 29.8 Å². The Balaban J connectivity index is 1.39. The first-order valence-electron chi connectivity index (χ1n) is 9.60. The van der Waals surface area contributed by atoms with E-state index in [1.807, 2.05) is 24.3 Å². The molecule has 0 aliphatic heterocycles. The molecule has 1 amide bonds. The molecule has 0 aromatic heterocycles. The summed E-state index contributed by atoms with van der Waals surface area (Å²) >= 11 is 0. The Morgan fingerprint density at radius 1 is 1.20 bits per heavy atom. The number of carbonyl (C=O) groups is 2. The summed E-state index contributed by atoms with van der Waals surface area (Å²) in [6.45, 7) is 4.14. The lowest BCUT2D eigenvalue weighted by molar-refractivity contribution is -0.148. The van der Waals surface area contributed by atoms with Gasteiger partial charge >= 0.3 is 5.97 Å². The standard InChI is InChI=1S/C21H29NO3/c1-3-14(2)16-6-8-19(9-7-16)22-20(23)13-25-21(24)12-18-11-15-4-5-17(18)10-15/h6-9,14-15,17-18H,3-5,10-13H2,1-2H3,(H,22,23)/t14-,15+,17+,18-/m0/s1. The number of hydrogen-bond donors (Lipinski definition) is 1. The lowest BCUT2D eigenvalue weighted by Crippen LogP contribution is -2.23. The number of carbonyl (C=O) groups excluding carboxylic acids is 2. The monoisotopic (exact) mass is 343 g/mol. The van der Waals surface area contributed by atoms with Gasteiger partial charge in [-0.2, -0.15) is 0 Å². The van der Waals surface area contributed by atoms with E-state index in [0.29, 0.717) is 24.2 Å². The second kappa shape index (κ2) is 8.03. The van der Waals surface area contributed by atoms with Crippen molar-refractivity contribution >= 4 is 17.6 Å². The van der Waals surface area contributed by atoms with Gasteiger partial charge in [0.2, 0.25) is 0 Å². The maximum Gasteiger partial charge on any atom is 0.306 e. The van der Waals surface area contributed by atoms with Crippen LogP contribution in [0.1, 0.15) is 63.9 Å². The fourth-order valence-corrected chi connectivity index (χ4v) is 4.37. The summed E-state index contributed by atoms with van der Waals surface area (Å²) in [4.78, 5) is 24.0. The van der Waals surface area contributed by atoms with Crippen molar-refractivity contribution in [3.63, 3.8) is 0 Å². The molecule has 4 nitrogen and oxygen atoms in total. The lowest BCUT2D eigenvalue weighted by Gasteiger charge is -2.20. The largest absolute Gasteiger partial charge is 0.456 e. The lowest BCUT2D eigenvalue weighted by atomic mass is 9.86. The van der Waals surface area contributed by atoms with Gasteiger partial charge in [-0.05, 0) is 67.1 Å². The van der Waals surface area contributed by atoms with Crippen molar-refractivity contribution in [1.82, 2.24) is 0 Å². The van der Waals surface area contributed by atoms with Crippen molar-refractivity contribution < 1.29 is 14.3 Å². The number of esters is 1. The Labute approximate surface area is 150 Å². The van der Waals surface area contributed by atoms with Crippen LogP contribution in [-0.4, -0.2) is 18.5 Å². The van der Waals surface area contributed by atoms with Crippen molar-refractivity contribution in [3.8, 4) is 0 Å². The van der Waals surface area contributed by atoms with E-state index in [1.165, 1.54) is 24.8 Å². The molecular weight excluding hydrogens is 314 g/mol.